The van der Waals surface area contributed by atoms with Crippen LogP contribution < -0.4 is 10.2 Å². The number of amides is 2. The molecule has 1 saturated carbocycles. The highest BCUT2D eigenvalue weighted by Crippen LogP contribution is 2.43. The Balaban J connectivity index is 1.49. The summed E-state index contributed by atoms with van der Waals surface area (Å²) in [5, 5.41) is 7.50. The van der Waals surface area contributed by atoms with Crippen molar-refractivity contribution in [2.75, 3.05) is 38.2 Å². The molecule has 2 fully saturated rings. The van der Waals surface area contributed by atoms with Gasteiger partial charge in [0.1, 0.15) is 17.4 Å². The summed E-state index contributed by atoms with van der Waals surface area (Å²) >= 11 is 0. The fraction of sp³-hybridized carbons (Fsp3) is 0.556. The summed E-state index contributed by atoms with van der Waals surface area (Å²) in [7, 11) is 1.87. The number of ether oxygens (including phenoxy) is 1. The molecule has 4 aliphatic rings. The lowest BCUT2D eigenvalue weighted by molar-refractivity contribution is -0.140. The summed E-state index contributed by atoms with van der Waals surface area (Å²) in [5.74, 6) is -3.82. The number of hydrogen-bond acceptors (Lipinski definition) is 6. The van der Waals surface area contributed by atoms with Gasteiger partial charge in [-0.1, -0.05) is 6.92 Å². The molecule has 1 N–H and O–H groups in total. The van der Waals surface area contributed by atoms with Crippen molar-refractivity contribution in [3.63, 3.8) is 0 Å². The molecule has 39 heavy (non-hydrogen) atoms. The van der Waals surface area contributed by atoms with E-state index in [-0.39, 0.29) is 36.8 Å². The van der Waals surface area contributed by atoms with E-state index in [4.69, 9.17) is 9.72 Å². The number of likely N-dealkylation sites (N-methyl/N-ethyl adjacent to an activating group) is 1. The standard InChI is InChI=1S/C27H31F3N6O3/c1-15-9-22-17(10-18(15)28)26(38)35-7-5-27(29,30)13-21(35)20-11-23-32-19(16-3-4-16)12-25(36(23)33-20)34(2)8-6-31-24(37)14-39-22/h10-12,15-16,21H,3-9,13-14H2,1-2H3,(H,31,37). The van der Waals surface area contributed by atoms with Crippen LogP contribution in [0.15, 0.2) is 35.4 Å². The zero-order valence-corrected chi connectivity index (χ0v) is 21.9. The van der Waals surface area contributed by atoms with Crippen molar-refractivity contribution in [1.29, 1.82) is 0 Å². The minimum Gasteiger partial charge on any atom is -0.487 e. The Morgan fingerprint density at radius 3 is 2.72 bits per heavy atom. The molecule has 0 spiro atoms. The van der Waals surface area contributed by atoms with Crippen molar-refractivity contribution in [2.24, 2.45) is 5.92 Å². The van der Waals surface area contributed by atoms with Gasteiger partial charge < -0.3 is 19.9 Å². The van der Waals surface area contributed by atoms with Crippen molar-refractivity contribution < 1.29 is 27.5 Å². The van der Waals surface area contributed by atoms with Crippen LogP contribution >= 0.6 is 0 Å². The zero-order chi connectivity index (χ0) is 27.5. The Morgan fingerprint density at radius 2 is 1.95 bits per heavy atom. The quantitative estimate of drug-likeness (QED) is 0.590. The average molecular weight is 545 g/mol. The SMILES string of the molecule is CC1CC2=C(C=C1F)C(=O)N1CCC(F)(F)CC1c1cc3nc(C4CC4)cc(n3n1)N(C)CCNC(=O)CO2. The van der Waals surface area contributed by atoms with Crippen LogP contribution in [-0.4, -0.2) is 70.5 Å². The second-order valence-corrected chi connectivity index (χ2v) is 11.0. The number of nitrogens with one attached hydrogen (secondary N) is 1. The third-order valence-corrected chi connectivity index (χ3v) is 7.95. The fourth-order valence-corrected chi connectivity index (χ4v) is 5.46. The highest BCUT2D eigenvalue weighted by molar-refractivity contribution is 5.97. The molecule has 6 rings (SSSR count). The normalized spacial score (nSPS) is 26.2. The Hall–Kier alpha value is -3.57. The molecule has 2 unspecified atom stereocenters. The maximum Gasteiger partial charge on any atom is 0.257 e. The summed E-state index contributed by atoms with van der Waals surface area (Å²) in [4.78, 5) is 34.4. The summed E-state index contributed by atoms with van der Waals surface area (Å²) in [5.41, 5.74) is 1.65. The number of carbonyl (C=O) groups excluding carboxylic acids is 2. The number of rotatable bonds is 1. The van der Waals surface area contributed by atoms with Gasteiger partial charge in [-0.15, -0.1) is 0 Å². The lowest BCUT2D eigenvalue weighted by atomic mass is 9.91. The molecule has 2 atom stereocenters. The summed E-state index contributed by atoms with van der Waals surface area (Å²) < 4.78 is 51.6. The molecule has 9 nitrogen and oxygen atoms in total. The lowest BCUT2D eigenvalue weighted by Gasteiger charge is -2.39. The van der Waals surface area contributed by atoms with Crippen LogP contribution in [0.5, 0.6) is 0 Å². The Kier molecular flexibility index (Phi) is 6.30. The summed E-state index contributed by atoms with van der Waals surface area (Å²) in [6, 6.07) is 2.56. The second kappa shape index (κ2) is 9.56. The van der Waals surface area contributed by atoms with Gasteiger partial charge in [0, 0.05) is 75.6 Å². The monoisotopic (exact) mass is 544 g/mol. The first-order valence-electron chi connectivity index (χ1n) is 13.4. The van der Waals surface area contributed by atoms with Gasteiger partial charge in [-0.2, -0.15) is 9.61 Å². The molecular weight excluding hydrogens is 513 g/mol. The molecular formula is C27H31F3N6O3. The van der Waals surface area contributed by atoms with Crippen LogP contribution in [-0.2, 0) is 14.3 Å². The van der Waals surface area contributed by atoms with Gasteiger partial charge in [-0.3, -0.25) is 9.59 Å². The molecule has 4 heterocycles. The van der Waals surface area contributed by atoms with Gasteiger partial charge in [-0.25, -0.2) is 18.2 Å². The zero-order valence-electron chi connectivity index (χ0n) is 21.9. The van der Waals surface area contributed by atoms with Crippen molar-refractivity contribution in [3.05, 3.63) is 46.8 Å². The van der Waals surface area contributed by atoms with E-state index >= 15 is 0 Å². The van der Waals surface area contributed by atoms with Crippen LogP contribution in [0.3, 0.4) is 0 Å². The third kappa shape index (κ3) is 4.96. The number of halogens is 3. The predicted octanol–water partition coefficient (Wildman–Crippen LogP) is 3.64. The van der Waals surface area contributed by atoms with E-state index in [1.165, 1.54) is 4.90 Å². The maximum absolute atomic E-state index is 14.8. The van der Waals surface area contributed by atoms with Crippen LogP contribution in [0.1, 0.15) is 62.4 Å². The molecule has 2 aliphatic heterocycles. The van der Waals surface area contributed by atoms with Crippen LogP contribution in [0, 0.1) is 5.92 Å². The van der Waals surface area contributed by atoms with Crippen LogP contribution in [0.4, 0.5) is 19.0 Å². The van der Waals surface area contributed by atoms with Gasteiger partial charge in [0.25, 0.3) is 17.7 Å². The van der Waals surface area contributed by atoms with E-state index in [9.17, 15) is 22.8 Å². The molecule has 2 aliphatic carbocycles. The number of carbonyl (C=O) groups is 2. The third-order valence-electron chi connectivity index (χ3n) is 7.95. The molecule has 208 valence electrons. The van der Waals surface area contributed by atoms with Gasteiger partial charge in [0.05, 0.1) is 17.3 Å². The van der Waals surface area contributed by atoms with Crippen molar-refractivity contribution >= 4 is 23.3 Å². The number of alkyl halides is 2. The van der Waals surface area contributed by atoms with E-state index in [0.717, 1.165) is 24.6 Å². The number of nitrogens with zero attached hydrogens (tertiary/aromatic N) is 5. The Morgan fingerprint density at radius 1 is 1.15 bits per heavy atom. The first kappa shape index (κ1) is 25.7. The number of aromatic nitrogens is 3. The highest BCUT2D eigenvalue weighted by Gasteiger charge is 2.45. The highest BCUT2D eigenvalue weighted by atomic mass is 19.3. The topological polar surface area (TPSA) is 92.1 Å². The van der Waals surface area contributed by atoms with Gasteiger partial charge >= 0.3 is 0 Å². The van der Waals surface area contributed by atoms with E-state index in [2.05, 4.69) is 10.4 Å². The Bertz CT molecular complexity index is 1400. The van der Waals surface area contributed by atoms with E-state index in [0.29, 0.717) is 36.2 Å². The van der Waals surface area contributed by atoms with Crippen molar-refractivity contribution in [2.45, 2.75) is 56.9 Å². The minimum absolute atomic E-state index is 0.0564. The molecule has 2 aromatic heterocycles. The average Bonchev–Trinajstić information content (AvgIpc) is 3.65. The number of anilines is 1. The first-order valence-corrected chi connectivity index (χ1v) is 13.4. The molecule has 12 heteroatoms. The van der Waals surface area contributed by atoms with Crippen molar-refractivity contribution in [3.8, 4) is 0 Å². The van der Waals surface area contributed by atoms with Crippen LogP contribution in [0.25, 0.3) is 5.65 Å². The van der Waals surface area contributed by atoms with Gasteiger partial charge in [0.15, 0.2) is 12.3 Å². The molecule has 1 saturated heterocycles. The molecule has 2 amide bonds. The van der Waals surface area contributed by atoms with E-state index in [1.54, 1.807) is 17.5 Å². The predicted molar refractivity (Wildman–Crippen MR) is 136 cm³/mol. The maximum atomic E-state index is 14.8. The van der Waals surface area contributed by atoms with E-state index in [1.807, 2.05) is 18.0 Å². The van der Waals surface area contributed by atoms with Crippen LogP contribution in [0.2, 0.25) is 0 Å². The van der Waals surface area contributed by atoms with E-state index < -0.39 is 42.5 Å². The number of fused-ring (bicyclic) bond motifs is 3. The first-order chi connectivity index (χ1) is 18.6. The summed E-state index contributed by atoms with van der Waals surface area (Å²) in [6.45, 7) is 1.84. The van der Waals surface area contributed by atoms with Gasteiger partial charge in [-0.05, 0) is 18.9 Å². The fourth-order valence-electron chi connectivity index (χ4n) is 5.46. The second-order valence-electron chi connectivity index (χ2n) is 11.0. The number of hydrogen-bond donors (Lipinski definition) is 1. The lowest BCUT2D eigenvalue weighted by Crippen LogP contribution is -2.46. The minimum atomic E-state index is -3.00. The molecule has 2 aromatic rings. The Labute approximate surface area is 223 Å². The molecule has 0 aromatic carbocycles. The molecule has 0 radical (unpaired) electrons. The summed E-state index contributed by atoms with van der Waals surface area (Å²) in [6.07, 6.45) is 2.12. The molecule has 2 bridgehead atoms. The van der Waals surface area contributed by atoms with Crippen molar-refractivity contribution in [1.82, 2.24) is 24.8 Å². The van der Waals surface area contributed by atoms with Gasteiger partial charge in [0.2, 0.25) is 0 Å². The largest absolute Gasteiger partial charge is 0.487 e. The number of allylic oxidation sites excluding steroid dienone is 2. The number of piperidine rings is 1. The smallest absolute Gasteiger partial charge is 0.257 e.